The zero-order valence-corrected chi connectivity index (χ0v) is 36.4. The summed E-state index contributed by atoms with van der Waals surface area (Å²) >= 11 is 0. The van der Waals surface area contributed by atoms with Crippen molar-refractivity contribution >= 4 is 0 Å². The lowest BCUT2D eigenvalue weighted by Gasteiger charge is -2.26. The van der Waals surface area contributed by atoms with E-state index in [1.54, 1.807) is 0 Å². The van der Waals surface area contributed by atoms with Crippen LogP contribution in [-0.2, 0) is 23.7 Å². The van der Waals surface area contributed by atoms with Crippen LogP contribution < -0.4 is 0 Å². The third kappa shape index (κ3) is 14.4. The van der Waals surface area contributed by atoms with Crippen molar-refractivity contribution in [2.24, 2.45) is 29.6 Å². The van der Waals surface area contributed by atoms with Gasteiger partial charge in [-0.2, -0.15) is 0 Å². The molecule has 0 nitrogen and oxygen atoms in total. The first-order valence-electron chi connectivity index (χ1n) is 20.7. The van der Waals surface area contributed by atoms with E-state index in [1.165, 1.54) is 83.0 Å². The van der Waals surface area contributed by atoms with E-state index in [0.717, 1.165) is 29.6 Å². The fourth-order valence-electron chi connectivity index (χ4n) is 6.27. The summed E-state index contributed by atoms with van der Waals surface area (Å²) in [6.45, 7) is 34.2. The maximum atomic E-state index is 2.36. The molecule has 4 rings (SSSR count). The van der Waals surface area contributed by atoms with Crippen molar-refractivity contribution in [2.75, 3.05) is 0 Å². The summed E-state index contributed by atoms with van der Waals surface area (Å²) in [6, 6.07) is 36.4. The highest BCUT2D eigenvalue weighted by atomic mass is 14.3. The molecule has 52 heavy (non-hydrogen) atoms. The third-order valence-corrected chi connectivity index (χ3v) is 12.3. The van der Waals surface area contributed by atoms with Crippen molar-refractivity contribution < 1.29 is 0 Å². The fraction of sp³-hybridized carbons (Fsp3) is 0.538. The molecule has 0 saturated heterocycles. The minimum absolute atomic E-state index is 0.0530. The van der Waals surface area contributed by atoms with Gasteiger partial charge in [-0.15, -0.1) is 0 Å². The van der Waals surface area contributed by atoms with Crippen LogP contribution in [-0.4, -0.2) is 0 Å². The van der Waals surface area contributed by atoms with E-state index in [4.69, 9.17) is 0 Å². The fourth-order valence-corrected chi connectivity index (χ4v) is 6.27. The van der Waals surface area contributed by atoms with Gasteiger partial charge < -0.3 is 0 Å². The van der Waals surface area contributed by atoms with Crippen LogP contribution >= 0.6 is 0 Å². The van der Waals surface area contributed by atoms with Crippen LogP contribution in [0.5, 0.6) is 0 Å². The lowest BCUT2D eigenvalue weighted by Crippen LogP contribution is -2.18. The topological polar surface area (TPSA) is 0 Å². The van der Waals surface area contributed by atoms with E-state index >= 15 is 0 Å². The second-order valence-corrected chi connectivity index (χ2v) is 17.8. The smallest absolute Gasteiger partial charge is 0.0146 e. The molecule has 0 aliphatic heterocycles. The van der Waals surface area contributed by atoms with Gasteiger partial charge in [-0.25, -0.2) is 0 Å². The standard InChI is InChI=1S/C23H32.C22H30.C7H16/c1-17(2)19(4)9-10-20-11-15-22(16-12-20)23(5,6)21-13-7-18(3)8-14-21;1-6-17(2)7-10-19-11-15-21(16-12-19)22(4,5)20-13-8-18(3)9-14-20;1-5-7(4)6(2)3/h7-8,11-17,19H,9-10H2,1-6H3;8-9,11-17H,6-7,10H2,1-5H3;6-7H,5H2,1-4H3. The highest BCUT2D eigenvalue weighted by Gasteiger charge is 2.24. The summed E-state index contributed by atoms with van der Waals surface area (Å²) in [6.07, 6.45) is 7.54. The molecule has 0 fully saturated rings. The average molecular weight is 703 g/mol. The molecule has 0 heterocycles. The second kappa shape index (κ2) is 21.5. The Morgan fingerprint density at radius 2 is 0.712 bits per heavy atom. The molecular weight excluding hydrogens is 625 g/mol. The number of rotatable bonds is 14. The van der Waals surface area contributed by atoms with E-state index in [2.05, 4.69) is 201 Å². The first kappa shape index (κ1) is 45.0. The molecule has 3 unspecified atom stereocenters. The SMILES string of the molecule is CCC(C)C(C)C.CCC(C)CCc1ccc(C(C)(C)c2ccc(C)cc2)cc1.Cc1ccc(C(C)(C)c2ccc(CCC(C)C(C)C)cc2)cc1. The Morgan fingerprint density at radius 1 is 0.404 bits per heavy atom. The minimum atomic E-state index is 0.0530. The Labute approximate surface area is 323 Å². The van der Waals surface area contributed by atoms with Crippen molar-refractivity contribution in [2.45, 2.75) is 153 Å². The summed E-state index contributed by atoms with van der Waals surface area (Å²) in [4.78, 5) is 0. The predicted molar refractivity (Wildman–Crippen MR) is 234 cm³/mol. The van der Waals surface area contributed by atoms with Gasteiger partial charge in [-0.05, 0) is 103 Å². The van der Waals surface area contributed by atoms with Crippen LogP contribution in [0.3, 0.4) is 0 Å². The van der Waals surface area contributed by atoms with Crippen molar-refractivity contribution in [3.63, 3.8) is 0 Å². The Balaban J connectivity index is 0.000000305. The average Bonchev–Trinajstić information content (AvgIpc) is 3.13. The van der Waals surface area contributed by atoms with E-state index in [-0.39, 0.29) is 10.8 Å². The van der Waals surface area contributed by atoms with E-state index in [1.807, 2.05) is 0 Å². The molecule has 286 valence electrons. The van der Waals surface area contributed by atoms with Gasteiger partial charge in [-0.3, -0.25) is 0 Å². The van der Waals surface area contributed by atoms with Crippen LogP contribution in [0.1, 0.15) is 160 Å². The van der Waals surface area contributed by atoms with Crippen LogP contribution in [0, 0.1) is 43.4 Å². The molecule has 4 aromatic carbocycles. The van der Waals surface area contributed by atoms with Gasteiger partial charge >= 0.3 is 0 Å². The molecular formula is C52H78. The highest BCUT2D eigenvalue weighted by Crippen LogP contribution is 2.33. The highest BCUT2D eigenvalue weighted by molar-refractivity contribution is 5.41. The normalized spacial score (nSPS) is 13.5. The monoisotopic (exact) mass is 703 g/mol. The van der Waals surface area contributed by atoms with Crippen molar-refractivity contribution in [3.8, 4) is 0 Å². The lowest BCUT2D eigenvalue weighted by atomic mass is 9.77. The molecule has 4 aromatic rings. The molecule has 0 saturated carbocycles. The molecule has 3 atom stereocenters. The first-order chi connectivity index (χ1) is 24.4. The molecule has 0 N–H and O–H groups in total. The zero-order chi connectivity index (χ0) is 39.1. The maximum absolute atomic E-state index is 2.36. The molecule has 0 radical (unpaired) electrons. The molecule has 0 aliphatic rings. The zero-order valence-electron chi connectivity index (χ0n) is 36.4. The summed E-state index contributed by atoms with van der Waals surface area (Å²) in [7, 11) is 0. The number of aryl methyl sites for hydroxylation is 4. The van der Waals surface area contributed by atoms with E-state index in [9.17, 15) is 0 Å². The molecule has 0 amide bonds. The summed E-state index contributed by atoms with van der Waals surface area (Å²) in [5.74, 6) is 4.15. The van der Waals surface area contributed by atoms with Crippen molar-refractivity contribution in [3.05, 3.63) is 142 Å². The molecule has 0 spiro atoms. The van der Waals surface area contributed by atoms with Crippen LogP contribution in [0.25, 0.3) is 0 Å². The molecule has 0 bridgehead atoms. The molecule has 0 heteroatoms. The van der Waals surface area contributed by atoms with E-state index < -0.39 is 0 Å². The quantitative estimate of drug-likeness (QED) is 0.123. The Bertz CT molecular complexity index is 1510. The van der Waals surface area contributed by atoms with Gasteiger partial charge in [0.15, 0.2) is 0 Å². The lowest BCUT2D eigenvalue weighted by molar-refractivity contribution is 0.392. The predicted octanol–water partition coefficient (Wildman–Crippen LogP) is 15.5. The van der Waals surface area contributed by atoms with Crippen molar-refractivity contribution in [1.82, 2.24) is 0 Å². The third-order valence-electron chi connectivity index (χ3n) is 12.3. The molecule has 0 aliphatic carbocycles. The van der Waals surface area contributed by atoms with Crippen LogP contribution in [0.15, 0.2) is 97.1 Å². The number of benzene rings is 4. The van der Waals surface area contributed by atoms with Gasteiger partial charge in [0.05, 0.1) is 0 Å². The van der Waals surface area contributed by atoms with Gasteiger partial charge in [-0.1, -0.05) is 211 Å². The van der Waals surface area contributed by atoms with Gasteiger partial charge in [0.2, 0.25) is 0 Å². The largest absolute Gasteiger partial charge is 0.0651 e. The summed E-state index contributed by atoms with van der Waals surface area (Å²) < 4.78 is 0. The molecule has 0 aromatic heterocycles. The minimum Gasteiger partial charge on any atom is -0.0651 e. The Morgan fingerprint density at radius 3 is 0.981 bits per heavy atom. The van der Waals surface area contributed by atoms with Gasteiger partial charge in [0, 0.05) is 10.8 Å². The second-order valence-electron chi connectivity index (χ2n) is 17.8. The number of hydrogen-bond donors (Lipinski definition) is 0. The van der Waals surface area contributed by atoms with Crippen molar-refractivity contribution in [1.29, 1.82) is 0 Å². The van der Waals surface area contributed by atoms with Crippen LogP contribution in [0.4, 0.5) is 0 Å². The van der Waals surface area contributed by atoms with Gasteiger partial charge in [0.25, 0.3) is 0 Å². The Hall–Kier alpha value is -3.12. The first-order valence-corrected chi connectivity index (χ1v) is 20.7. The van der Waals surface area contributed by atoms with Crippen LogP contribution in [0.2, 0.25) is 0 Å². The number of hydrogen-bond acceptors (Lipinski definition) is 0. The summed E-state index contributed by atoms with van der Waals surface area (Å²) in [5, 5.41) is 0. The maximum Gasteiger partial charge on any atom is 0.0146 e. The van der Waals surface area contributed by atoms with E-state index in [0.29, 0.717) is 0 Å². The summed E-state index contributed by atoms with van der Waals surface area (Å²) in [5.41, 5.74) is 11.2. The van der Waals surface area contributed by atoms with Gasteiger partial charge in [0.1, 0.15) is 0 Å². The Kier molecular flexibility index (Phi) is 18.7.